The second-order valence-corrected chi connectivity index (χ2v) is 4.07. The largest absolute Gasteiger partial charge is 0.388 e. The van der Waals surface area contributed by atoms with Crippen LogP contribution in [-0.4, -0.2) is 45.2 Å². The number of hydrogen-bond acceptors (Lipinski definition) is 5. The Bertz CT molecular complexity index is 217. The van der Waals surface area contributed by atoms with Gasteiger partial charge < -0.3 is 9.84 Å². The van der Waals surface area contributed by atoms with Crippen LogP contribution >= 0.6 is 0 Å². The number of hydrogen-bond donors (Lipinski definition) is 1. The first kappa shape index (κ1) is 8.92. The van der Waals surface area contributed by atoms with E-state index in [9.17, 15) is 8.42 Å². The van der Waals surface area contributed by atoms with Crippen molar-refractivity contribution in [3.05, 3.63) is 0 Å². The highest BCUT2D eigenvalue weighted by atomic mass is 32.2. The lowest BCUT2D eigenvalue weighted by atomic mass is 10.3. The fourth-order valence-corrected chi connectivity index (χ4v) is 0.965. The van der Waals surface area contributed by atoms with Gasteiger partial charge in [-0.05, 0) is 0 Å². The van der Waals surface area contributed by atoms with Gasteiger partial charge in [-0.2, -0.15) is 8.42 Å². The second kappa shape index (κ2) is 3.06. The van der Waals surface area contributed by atoms with Gasteiger partial charge in [0.25, 0.3) is 10.1 Å². The Kier molecular flexibility index (Phi) is 2.48. The number of epoxide rings is 1. The lowest BCUT2D eigenvalue weighted by Gasteiger charge is -2.05. The molecule has 1 rings (SSSR count). The van der Waals surface area contributed by atoms with Gasteiger partial charge in [-0.1, -0.05) is 0 Å². The van der Waals surface area contributed by atoms with E-state index in [0.717, 1.165) is 6.26 Å². The summed E-state index contributed by atoms with van der Waals surface area (Å²) in [6, 6.07) is 0. The molecule has 66 valence electrons. The van der Waals surface area contributed by atoms with E-state index in [1.165, 1.54) is 0 Å². The predicted molar refractivity (Wildman–Crippen MR) is 36.5 cm³/mol. The smallest absolute Gasteiger partial charge is 0.264 e. The lowest BCUT2D eigenvalue weighted by Crippen LogP contribution is -2.23. The molecule has 2 atom stereocenters. The number of ether oxygens (including phenoxy) is 1. The van der Waals surface area contributed by atoms with E-state index >= 15 is 0 Å². The second-order valence-electron chi connectivity index (χ2n) is 2.43. The zero-order chi connectivity index (χ0) is 8.48. The van der Waals surface area contributed by atoms with Crippen LogP contribution in [0, 0.1) is 0 Å². The van der Waals surface area contributed by atoms with E-state index < -0.39 is 16.2 Å². The lowest BCUT2D eigenvalue weighted by molar-refractivity contribution is 0.0840. The van der Waals surface area contributed by atoms with E-state index in [1.54, 1.807) is 0 Å². The highest BCUT2D eigenvalue weighted by Gasteiger charge is 2.31. The Labute approximate surface area is 65.0 Å². The van der Waals surface area contributed by atoms with Gasteiger partial charge in [0.2, 0.25) is 0 Å². The molecule has 0 unspecified atom stereocenters. The Balaban J connectivity index is 2.21. The van der Waals surface area contributed by atoms with Crippen molar-refractivity contribution < 1.29 is 22.4 Å². The highest BCUT2D eigenvalue weighted by Crippen LogP contribution is 2.14. The minimum Gasteiger partial charge on any atom is -0.388 e. The summed E-state index contributed by atoms with van der Waals surface area (Å²) in [6.45, 7) is 0.262. The Hall–Kier alpha value is -0.170. The van der Waals surface area contributed by atoms with Gasteiger partial charge in [-0.25, -0.2) is 0 Å². The molecular weight excluding hydrogens is 172 g/mol. The van der Waals surface area contributed by atoms with Crippen molar-refractivity contribution in [1.82, 2.24) is 0 Å². The van der Waals surface area contributed by atoms with Gasteiger partial charge in [-0.15, -0.1) is 0 Å². The average molecular weight is 182 g/mol. The summed E-state index contributed by atoms with van der Waals surface area (Å²) in [5.41, 5.74) is 0. The summed E-state index contributed by atoms with van der Waals surface area (Å²) in [6.07, 6.45) is -0.130. The summed E-state index contributed by atoms with van der Waals surface area (Å²) in [5, 5.41) is 9.04. The molecule has 0 bridgehead atoms. The topological polar surface area (TPSA) is 76.1 Å². The van der Waals surface area contributed by atoms with Crippen LogP contribution in [0.2, 0.25) is 0 Å². The van der Waals surface area contributed by atoms with Gasteiger partial charge >= 0.3 is 0 Å². The van der Waals surface area contributed by atoms with Crippen LogP contribution in [-0.2, 0) is 19.0 Å². The molecule has 1 N–H and O–H groups in total. The number of aliphatic hydroxyl groups is 1. The van der Waals surface area contributed by atoms with Crippen LogP contribution in [0.5, 0.6) is 0 Å². The minimum absolute atomic E-state index is 0.219. The van der Waals surface area contributed by atoms with E-state index in [2.05, 4.69) is 4.18 Å². The summed E-state index contributed by atoms with van der Waals surface area (Å²) < 4.78 is 29.9. The maximum Gasteiger partial charge on any atom is 0.264 e. The quantitative estimate of drug-likeness (QED) is 0.433. The SMILES string of the molecule is CS(=O)(=O)OC[C@H](O)[C@@H]1CO1. The molecule has 1 fully saturated rings. The third kappa shape index (κ3) is 3.66. The Morgan fingerprint density at radius 1 is 1.82 bits per heavy atom. The van der Waals surface area contributed by atoms with E-state index in [4.69, 9.17) is 9.84 Å². The van der Waals surface area contributed by atoms with Crippen LogP contribution in [0.25, 0.3) is 0 Å². The first-order chi connectivity index (χ1) is 4.99. The maximum absolute atomic E-state index is 10.4. The Morgan fingerprint density at radius 2 is 2.36 bits per heavy atom. The van der Waals surface area contributed by atoms with Crippen LogP contribution in [0.1, 0.15) is 0 Å². The fraction of sp³-hybridized carbons (Fsp3) is 1.00. The zero-order valence-corrected chi connectivity index (χ0v) is 6.87. The molecule has 0 aromatic carbocycles. The van der Waals surface area contributed by atoms with E-state index in [-0.39, 0.29) is 12.7 Å². The van der Waals surface area contributed by atoms with E-state index in [1.807, 2.05) is 0 Å². The van der Waals surface area contributed by atoms with Crippen LogP contribution < -0.4 is 0 Å². The molecule has 0 aromatic rings. The van der Waals surface area contributed by atoms with Gasteiger partial charge in [0, 0.05) is 0 Å². The number of rotatable bonds is 4. The molecule has 6 heteroatoms. The van der Waals surface area contributed by atoms with Crippen LogP contribution in [0.4, 0.5) is 0 Å². The molecule has 0 radical (unpaired) electrons. The molecule has 0 saturated carbocycles. The molecule has 0 amide bonds. The van der Waals surface area contributed by atoms with Gasteiger partial charge in [0.15, 0.2) is 0 Å². The third-order valence-electron chi connectivity index (χ3n) is 1.24. The molecule has 0 aliphatic carbocycles. The summed E-state index contributed by atoms with van der Waals surface area (Å²) in [7, 11) is -3.44. The minimum atomic E-state index is -3.44. The number of aliphatic hydroxyl groups excluding tert-OH is 1. The van der Waals surface area contributed by atoms with Crippen molar-refractivity contribution in [3.63, 3.8) is 0 Å². The zero-order valence-electron chi connectivity index (χ0n) is 6.06. The van der Waals surface area contributed by atoms with Crippen molar-refractivity contribution in [1.29, 1.82) is 0 Å². The molecule has 11 heavy (non-hydrogen) atoms. The van der Waals surface area contributed by atoms with Crippen LogP contribution in [0.15, 0.2) is 0 Å². The highest BCUT2D eigenvalue weighted by molar-refractivity contribution is 7.85. The predicted octanol–water partition coefficient (Wildman–Crippen LogP) is -1.28. The molecule has 1 aliphatic heterocycles. The molecule has 1 aliphatic rings. The van der Waals surface area contributed by atoms with Crippen molar-refractivity contribution in [3.8, 4) is 0 Å². The maximum atomic E-state index is 10.4. The van der Waals surface area contributed by atoms with Gasteiger partial charge in [0.05, 0.1) is 19.5 Å². The van der Waals surface area contributed by atoms with Crippen LogP contribution in [0.3, 0.4) is 0 Å². The molecule has 0 spiro atoms. The van der Waals surface area contributed by atoms with Crippen molar-refractivity contribution in [2.24, 2.45) is 0 Å². The monoisotopic (exact) mass is 182 g/mol. The molecule has 5 nitrogen and oxygen atoms in total. The Morgan fingerprint density at radius 3 is 2.73 bits per heavy atom. The summed E-state index contributed by atoms with van der Waals surface area (Å²) in [5.74, 6) is 0. The molecular formula is C5H10O5S. The molecule has 1 saturated heterocycles. The average Bonchev–Trinajstić information content (AvgIpc) is 2.61. The normalized spacial score (nSPS) is 26.5. The van der Waals surface area contributed by atoms with Gasteiger partial charge in [-0.3, -0.25) is 4.18 Å². The summed E-state index contributed by atoms with van der Waals surface area (Å²) in [4.78, 5) is 0. The van der Waals surface area contributed by atoms with Crippen molar-refractivity contribution in [2.45, 2.75) is 12.2 Å². The van der Waals surface area contributed by atoms with Crippen molar-refractivity contribution in [2.75, 3.05) is 19.5 Å². The molecule has 0 aromatic heterocycles. The van der Waals surface area contributed by atoms with E-state index in [0.29, 0.717) is 6.61 Å². The molecule has 1 heterocycles. The summed E-state index contributed by atoms with van der Waals surface area (Å²) >= 11 is 0. The first-order valence-electron chi connectivity index (χ1n) is 3.13. The van der Waals surface area contributed by atoms with Gasteiger partial charge in [0.1, 0.15) is 12.2 Å². The van der Waals surface area contributed by atoms with Crippen molar-refractivity contribution >= 4 is 10.1 Å². The third-order valence-corrected chi connectivity index (χ3v) is 1.81. The first-order valence-corrected chi connectivity index (χ1v) is 4.95. The standard InChI is InChI=1S/C5H10O5S/c1-11(7,8)10-2-4(6)5-3-9-5/h4-6H,2-3H2,1H3/t4-,5-/m0/s1. The fourth-order valence-electron chi connectivity index (χ4n) is 0.578.